The number of aromatic nitrogens is 1. The van der Waals surface area contributed by atoms with Crippen molar-refractivity contribution in [1.82, 2.24) is 14.6 Å². The lowest BCUT2D eigenvalue weighted by Gasteiger charge is -2.26. The van der Waals surface area contributed by atoms with Crippen LogP contribution >= 0.6 is 23.4 Å². The van der Waals surface area contributed by atoms with Crippen LogP contribution in [-0.4, -0.2) is 41.3 Å². The predicted molar refractivity (Wildman–Crippen MR) is 148 cm³/mol. The van der Waals surface area contributed by atoms with Gasteiger partial charge < -0.3 is 5.32 Å². The molecule has 0 saturated carbocycles. The Bertz CT molecular complexity index is 1480. The molecule has 2 atom stereocenters. The fourth-order valence-electron chi connectivity index (χ4n) is 4.31. The van der Waals surface area contributed by atoms with Crippen molar-refractivity contribution in [3.63, 3.8) is 0 Å². The Morgan fingerprint density at radius 3 is 2.24 bits per heavy atom. The van der Waals surface area contributed by atoms with Crippen molar-refractivity contribution in [1.29, 1.82) is 0 Å². The van der Waals surface area contributed by atoms with Gasteiger partial charge in [-0.15, -0.1) is 11.8 Å². The van der Waals surface area contributed by atoms with Gasteiger partial charge in [0.15, 0.2) is 0 Å². The molecule has 2 heterocycles. The van der Waals surface area contributed by atoms with Crippen molar-refractivity contribution in [2.24, 2.45) is 0 Å². The highest BCUT2D eigenvalue weighted by atomic mass is 35.5. The third-order valence-electron chi connectivity index (χ3n) is 6.14. The van der Waals surface area contributed by atoms with Gasteiger partial charge in [-0.3, -0.25) is 4.79 Å². The van der Waals surface area contributed by atoms with Gasteiger partial charge in [0, 0.05) is 18.5 Å². The average Bonchev–Trinajstić information content (AvgIpc) is 3.44. The Labute approximate surface area is 225 Å². The number of pyridine rings is 1. The minimum Gasteiger partial charge on any atom is -0.343 e. The Morgan fingerprint density at radius 1 is 0.919 bits per heavy atom. The van der Waals surface area contributed by atoms with E-state index in [1.807, 2.05) is 60.7 Å². The quantitative estimate of drug-likeness (QED) is 0.313. The second-order valence-corrected chi connectivity index (χ2v) is 12.0. The number of hydrogen-bond acceptors (Lipinski definition) is 5. The van der Waals surface area contributed by atoms with Crippen LogP contribution in [0.15, 0.2) is 108 Å². The van der Waals surface area contributed by atoms with Gasteiger partial charge in [0.1, 0.15) is 10.5 Å². The van der Waals surface area contributed by atoms with Gasteiger partial charge in [0.05, 0.1) is 10.9 Å². The summed E-state index contributed by atoms with van der Waals surface area (Å²) in [5.74, 6) is 0.144. The van der Waals surface area contributed by atoms with E-state index in [-0.39, 0.29) is 17.3 Å². The second kappa shape index (κ2) is 11.1. The van der Waals surface area contributed by atoms with E-state index in [0.29, 0.717) is 10.9 Å². The van der Waals surface area contributed by atoms with E-state index in [1.165, 1.54) is 16.1 Å². The Morgan fingerprint density at radius 2 is 1.57 bits per heavy atom. The average molecular weight is 550 g/mol. The van der Waals surface area contributed by atoms with Crippen LogP contribution < -0.4 is 5.32 Å². The summed E-state index contributed by atoms with van der Waals surface area (Å²) in [5.41, 5.74) is 3.54. The number of rotatable bonds is 7. The van der Waals surface area contributed by atoms with E-state index in [0.717, 1.165) is 22.3 Å². The molecule has 1 aliphatic heterocycles. The summed E-state index contributed by atoms with van der Waals surface area (Å²) in [4.78, 5) is 17.7. The van der Waals surface area contributed by atoms with Crippen molar-refractivity contribution in [3.8, 4) is 11.1 Å². The summed E-state index contributed by atoms with van der Waals surface area (Å²) in [6.07, 6.45) is 1.58. The SMILES string of the molecule is O=C(NC(c1ccccc1)c1ccnc(Cl)c1)C1SCCN1S(=O)(=O)c1ccc(-c2ccccc2)cc1. The first-order valence-electron chi connectivity index (χ1n) is 11.7. The first-order valence-corrected chi connectivity index (χ1v) is 14.6. The minimum absolute atomic E-state index is 0.160. The van der Waals surface area contributed by atoms with E-state index >= 15 is 0 Å². The van der Waals surface area contributed by atoms with Crippen LogP contribution in [-0.2, 0) is 14.8 Å². The molecule has 6 nitrogen and oxygen atoms in total. The lowest BCUT2D eigenvalue weighted by atomic mass is 9.99. The van der Waals surface area contributed by atoms with Crippen LogP contribution in [0.1, 0.15) is 17.2 Å². The number of thioether (sulfide) groups is 1. The number of nitrogens with zero attached hydrogens (tertiary/aromatic N) is 2. The molecule has 3 aromatic carbocycles. The van der Waals surface area contributed by atoms with Crippen molar-refractivity contribution < 1.29 is 13.2 Å². The summed E-state index contributed by atoms with van der Waals surface area (Å²) in [5, 5.41) is 2.48. The molecular formula is C28H24ClN3O3S2. The van der Waals surface area contributed by atoms with Crippen LogP contribution in [0.3, 0.4) is 0 Å². The van der Waals surface area contributed by atoms with Crippen molar-refractivity contribution in [3.05, 3.63) is 120 Å². The molecule has 5 rings (SSSR count). The van der Waals surface area contributed by atoms with Gasteiger partial charge >= 0.3 is 0 Å². The molecule has 1 aromatic heterocycles. The molecule has 1 saturated heterocycles. The van der Waals surface area contributed by atoms with Gasteiger partial charge in [-0.2, -0.15) is 4.31 Å². The molecule has 4 aromatic rings. The van der Waals surface area contributed by atoms with Gasteiger partial charge in [-0.25, -0.2) is 13.4 Å². The first kappa shape index (κ1) is 25.5. The topological polar surface area (TPSA) is 79.4 Å². The molecular weight excluding hydrogens is 526 g/mol. The molecule has 2 unspecified atom stereocenters. The normalized spacial score (nSPS) is 16.8. The molecule has 1 N–H and O–H groups in total. The van der Waals surface area contributed by atoms with Gasteiger partial charge in [0.2, 0.25) is 15.9 Å². The number of amides is 1. The van der Waals surface area contributed by atoms with Crippen LogP contribution in [0.2, 0.25) is 5.15 Å². The Hall–Kier alpha value is -3.17. The Kier molecular flexibility index (Phi) is 7.62. The second-order valence-electron chi connectivity index (χ2n) is 8.49. The molecule has 188 valence electrons. The smallest absolute Gasteiger partial charge is 0.249 e. The summed E-state index contributed by atoms with van der Waals surface area (Å²) < 4.78 is 28.4. The minimum atomic E-state index is -3.88. The monoisotopic (exact) mass is 549 g/mol. The van der Waals surface area contributed by atoms with E-state index < -0.39 is 21.4 Å². The standard InChI is InChI=1S/C28H24ClN3O3S2/c29-25-19-23(15-16-30-25)26(22-9-5-2-6-10-22)31-27(33)28-32(17-18-36-28)37(34,35)24-13-11-21(12-14-24)20-7-3-1-4-8-20/h1-16,19,26,28H,17-18H2,(H,31,33). The van der Waals surface area contributed by atoms with Gasteiger partial charge in [-0.05, 0) is 46.5 Å². The van der Waals surface area contributed by atoms with Gasteiger partial charge in [-0.1, -0.05) is 84.4 Å². The maximum Gasteiger partial charge on any atom is 0.249 e. The van der Waals surface area contributed by atoms with Crippen LogP contribution in [0.25, 0.3) is 11.1 Å². The summed E-state index contributed by atoms with van der Waals surface area (Å²) in [6, 6.07) is 29.0. The molecule has 0 radical (unpaired) electrons. The molecule has 37 heavy (non-hydrogen) atoms. The number of carbonyl (C=O) groups excluding carboxylic acids is 1. The zero-order chi connectivity index (χ0) is 25.8. The molecule has 9 heteroatoms. The molecule has 0 spiro atoms. The lowest BCUT2D eigenvalue weighted by molar-refractivity contribution is -0.122. The fourth-order valence-corrected chi connectivity index (χ4v) is 7.58. The lowest BCUT2D eigenvalue weighted by Crippen LogP contribution is -2.45. The zero-order valence-corrected chi connectivity index (χ0v) is 22.1. The van der Waals surface area contributed by atoms with E-state index in [4.69, 9.17) is 11.6 Å². The van der Waals surface area contributed by atoms with Crippen LogP contribution in [0.4, 0.5) is 0 Å². The van der Waals surface area contributed by atoms with Crippen molar-refractivity contribution in [2.45, 2.75) is 16.3 Å². The number of hydrogen-bond donors (Lipinski definition) is 1. The summed E-state index contributed by atoms with van der Waals surface area (Å²) >= 11 is 7.44. The highest BCUT2D eigenvalue weighted by Crippen LogP contribution is 2.32. The van der Waals surface area contributed by atoms with E-state index in [1.54, 1.807) is 42.6 Å². The van der Waals surface area contributed by atoms with Crippen molar-refractivity contribution in [2.75, 3.05) is 12.3 Å². The fraction of sp³-hybridized carbons (Fsp3) is 0.143. The molecule has 0 bridgehead atoms. The third kappa shape index (κ3) is 5.57. The maximum absolute atomic E-state index is 13.6. The van der Waals surface area contributed by atoms with E-state index in [9.17, 15) is 13.2 Å². The number of nitrogens with one attached hydrogen (secondary N) is 1. The number of halogens is 1. The maximum atomic E-state index is 13.6. The molecule has 1 aliphatic rings. The van der Waals surface area contributed by atoms with Crippen molar-refractivity contribution >= 4 is 39.3 Å². The zero-order valence-electron chi connectivity index (χ0n) is 19.7. The molecule has 1 amide bonds. The summed E-state index contributed by atoms with van der Waals surface area (Å²) in [7, 11) is -3.88. The number of carbonyl (C=O) groups is 1. The third-order valence-corrected chi connectivity index (χ3v) is 9.57. The van der Waals surface area contributed by atoms with Crippen LogP contribution in [0, 0.1) is 0 Å². The number of sulfonamides is 1. The Balaban J connectivity index is 1.39. The molecule has 1 fully saturated rings. The molecule has 0 aliphatic carbocycles. The van der Waals surface area contributed by atoms with E-state index in [2.05, 4.69) is 10.3 Å². The highest BCUT2D eigenvalue weighted by Gasteiger charge is 2.41. The number of benzene rings is 3. The summed E-state index contributed by atoms with van der Waals surface area (Å²) in [6.45, 7) is 0.253. The van der Waals surface area contributed by atoms with Gasteiger partial charge in [0.25, 0.3) is 0 Å². The highest BCUT2D eigenvalue weighted by molar-refractivity contribution is 8.02. The first-order chi connectivity index (χ1) is 17.9. The van der Waals surface area contributed by atoms with Crippen LogP contribution in [0.5, 0.6) is 0 Å². The predicted octanol–water partition coefficient (Wildman–Crippen LogP) is 5.37. The largest absolute Gasteiger partial charge is 0.343 e.